The van der Waals surface area contributed by atoms with E-state index >= 15 is 0 Å². The van der Waals surface area contributed by atoms with Crippen LogP contribution in [-0.2, 0) is 17.6 Å². The highest BCUT2D eigenvalue weighted by atomic mass is 32.3. The first-order valence-corrected chi connectivity index (χ1v) is 20.1. The Bertz CT molecular complexity index is 1030. The van der Waals surface area contributed by atoms with Crippen molar-refractivity contribution in [2.24, 2.45) is 0 Å². The Kier molecular flexibility index (Phi) is 10.4. The van der Waals surface area contributed by atoms with Crippen molar-refractivity contribution in [1.82, 2.24) is 15.3 Å². The first kappa shape index (κ1) is 30.8. The fourth-order valence-corrected chi connectivity index (χ4v) is 14.4. The van der Waals surface area contributed by atoms with Crippen molar-refractivity contribution < 1.29 is 9.53 Å². The number of carbonyl (C=O) groups excluding carboxylic acids is 1. The molecule has 5 aliphatic rings. The standard InChI is InChI=1S/C36H59N3O2S/c1-28-36(29(2)39(37-28)32-17-9-5-3-6-10-18-32)38(26-34-19-14-24-42(34)22-11-7-4-8-12-23-42)35(40)27-41-33-21-20-30-15-13-16-31(30)25-33/h20-21,25,28-29,32,34,36-37H,3-19,22-24,26-27H2,1-2H3. The minimum atomic E-state index is -0.642. The number of ether oxygens (including phenoxy) is 1. The number of fused-ring (bicyclic) bond motifs is 1. The second-order valence-corrected chi connectivity index (χ2v) is 18.5. The van der Waals surface area contributed by atoms with E-state index in [0.717, 1.165) is 18.7 Å². The van der Waals surface area contributed by atoms with Crippen LogP contribution in [0.4, 0.5) is 0 Å². The molecule has 1 aromatic rings. The second-order valence-electron chi connectivity index (χ2n) is 14.4. The van der Waals surface area contributed by atoms with Gasteiger partial charge >= 0.3 is 0 Å². The number of nitrogens with zero attached hydrogens (tertiary/aromatic N) is 2. The molecular formula is C36H59N3O2S. The predicted octanol–water partition coefficient (Wildman–Crippen LogP) is 7.39. The van der Waals surface area contributed by atoms with Gasteiger partial charge in [-0.2, -0.15) is 0 Å². The highest BCUT2D eigenvalue weighted by Gasteiger charge is 2.47. The van der Waals surface area contributed by atoms with Gasteiger partial charge in [-0.25, -0.2) is 20.5 Å². The Balaban J connectivity index is 1.21. The van der Waals surface area contributed by atoms with E-state index in [9.17, 15) is 4.79 Å². The Morgan fingerprint density at radius 3 is 2.29 bits per heavy atom. The molecule has 0 bridgehead atoms. The normalized spacial score (nSPS) is 31.6. The van der Waals surface area contributed by atoms with Crippen molar-refractivity contribution in [2.45, 2.75) is 152 Å². The summed E-state index contributed by atoms with van der Waals surface area (Å²) in [5.41, 5.74) is 6.80. The molecule has 236 valence electrons. The summed E-state index contributed by atoms with van der Waals surface area (Å²) in [5, 5.41) is 3.30. The molecule has 3 saturated heterocycles. The van der Waals surface area contributed by atoms with Gasteiger partial charge in [0.15, 0.2) is 6.61 Å². The van der Waals surface area contributed by atoms with Gasteiger partial charge in [-0.15, -0.1) is 0 Å². The molecule has 4 fully saturated rings. The molecule has 0 radical (unpaired) electrons. The van der Waals surface area contributed by atoms with E-state index in [1.165, 1.54) is 131 Å². The predicted molar refractivity (Wildman–Crippen MR) is 178 cm³/mol. The molecule has 6 heteroatoms. The molecule has 1 aromatic carbocycles. The summed E-state index contributed by atoms with van der Waals surface area (Å²) < 4.78 is 6.30. The minimum Gasteiger partial charge on any atom is -0.484 e. The topological polar surface area (TPSA) is 44.8 Å². The van der Waals surface area contributed by atoms with Gasteiger partial charge in [0.05, 0.1) is 6.04 Å². The summed E-state index contributed by atoms with van der Waals surface area (Å²) in [4.78, 5) is 16.7. The highest BCUT2D eigenvalue weighted by molar-refractivity contribution is 8.34. The van der Waals surface area contributed by atoms with Crippen molar-refractivity contribution in [2.75, 3.05) is 30.4 Å². The molecule has 0 aromatic heterocycles. The summed E-state index contributed by atoms with van der Waals surface area (Å²) in [6, 6.07) is 7.86. The number of hydrogen-bond acceptors (Lipinski definition) is 4. The number of rotatable bonds is 7. The average molecular weight is 598 g/mol. The number of amides is 1. The fraction of sp³-hybridized carbons (Fsp3) is 0.806. The molecule has 3 aliphatic heterocycles. The first-order valence-electron chi connectivity index (χ1n) is 17.9. The fourth-order valence-electron chi connectivity index (χ4n) is 9.38. The lowest BCUT2D eigenvalue weighted by Crippen LogP contribution is -2.54. The van der Waals surface area contributed by atoms with E-state index in [2.05, 4.69) is 47.4 Å². The van der Waals surface area contributed by atoms with Crippen LogP contribution in [0.3, 0.4) is 0 Å². The zero-order valence-corrected chi connectivity index (χ0v) is 27.6. The SMILES string of the molecule is CC1NN(C2CCCCCCC2)C(C)C1N(CC1CCCS12CCCCCCC2)C(=O)COc1ccc2c(c1)CCC2. The van der Waals surface area contributed by atoms with Crippen LogP contribution in [-0.4, -0.2) is 75.6 Å². The zero-order valence-electron chi connectivity index (χ0n) is 26.8. The zero-order chi connectivity index (χ0) is 28.9. The van der Waals surface area contributed by atoms with Gasteiger partial charge in [0.1, 0.15) is 5.75 Å². The van der Waals surface area contributed by atoms with Crippen LogP contribution in [0.15, 0.2) is 18.2 Å². The van der Waals surface area contributed by atoms with Crippen LogP contribution in [0.5, 0.6) is 5.75 Å². The van der Waals surface area contributed by atoms with Gasteiger partial charge in [0.2, 0.25) is 0 Å². The van der Waals surface area contributed by atoms with E-state index in [1.54, 1.807) is 0 Å². The number of nitrogens with one attached hydrogen (secondary N) is 1. The number of hydrazine groups is 1. The Morgan fingerprint density at radius 2 is 1.52 bits per heavy atom. The highest BCUT2D eigenvalue weighted by Crippen LogP contribution is 2.61. The van der Waals surface area contributed by atoms with Gasteiger partial charge in [-0.1, -0.05) is 57.4 Å². The summed E-state index contributed by atoms with van der Waals surface area (Å²) in [7, 11) is -0.642. The summed E-state index contributed by atoms with van der Waals surface area (Å²) >= 11 is 0. The maximum atomic E-state index is 14.4. The van der Waals surface area contributed by atoms with Crippen LogP contribution in [0.2, 0.25) is 0 Å². The number of carbonyl (C=O) groups is 1. The molecule has 1 amide bonds. The third kappa shape index (κ3) is 6.86. The molecule has 5 nitrogen and oxygen atoms in total. The van der Waals surface area contributed by atoms with Crippen LogP contribution in [0.25, 0.3) is 0 Å². The molecule has 3 heterocycles. The van der Waals surface area contributed by atoms with Crippen molar-refractivity contribution in [3.05, 3.63) is 29.3 Å². The van der Waals surface area contributed by atoms with Crippen LogP contribution in [0, 0.1) is 0 Å². The van der Waals surface area contributed by atoms with E-state index in [-0.39, 0.29) is 24.6 Å². The van der Waals surface area contributed by atoms with Gasteiger partial charge < -0.3 is 9.64 Å². The Morgan fingerprint density at radius 1 is 0.857 bits per heavy atom. The number of benzene rings is 1. The van der Waals surface area contributed by atoms with E-state index in [4.69, 9.17) is 4.74 Å². The summed E-state index contributed by atoms with van der Waals surface area (Å²) in [5.74, 6) is 5.43. The first-order chi connectivity index (χ1) is 20.5. The molecule has 1 spiro atoms. The van der Waals surface area contributed by atoms with Gasteiger partial charge in [0, 0.05) is 29.9 Å². The maximum Gasteiger partial charge on any atom is 0.260 e. The smallest absolute Gasteiger partial charge is 0.260 e. The molecule has 1 N–H and O–H groups in total. The number of hydrogen-bond donors (Lipinski definition) is 1. The summed E-state index contributed by atoms with van der Waals surface area (Å²) in [6.45, 7) is 5.84. The molecule has 1 saturated carbocycles. The lowest BCUT2D eigenvalue weighted by Gasteiger charge is -2.46. The second kappa shape index (κ2) is 14.2. The van der Waals surface area contributed by atoms with Gasteiger partial charge in [-0.05, 0) is 112 Å². The third-order valence-corrected chi connectivity index (χ3v) is 16.8. The van der Waals surface area contributed by atoms with E-state index in [0.29, 0.717) is 17.3 Å². The molecule has 42 heavy (non-hydrogen) atoms. The lowest BCUT2D eigenvalue weighted by molar-refractivity contribution is -0.136. The minimum absolute atomic E-state index is 0.160. The van der Waals surface area contributed by atoms with Crippen molar-refractivity contribution in [3.8, 4) is 5.75 Å². The average Bonchev–Trinajstić information content (AvgIpc) is 3.66. The largest absolute Gasteiger partial charge is 0.484 e. The van der Waals surface area contributed by atoms with Crippen LogP contribution < -0.4 is 10.2 Å². The van der Waals surface area contributed by atoms with Crippen molar-refractivity contribution in [3.63, 3.8) is 0 Å². The van der Waals surface area contributed by atoms with Crippen molar-refractivity contribution >= 4 is 15.9 Å². The molecule has 6 rings (SSSR count). The van der Waals surface area contributed by atoms with Crippen LogP contribution in [0.1, 0.15) is 121 Å². The van der Waals surface area contributed by atoms with Gasteiger partial charge in [0.25, 0.3) is 5.91 Å². The van der Waals surface area contributed by atoms with Gasteiger partial charge in [-0.3, -0.25) is 4.79 Å². The molecule has 4 atom stereocenters. The van der Waals surface area contributed by atoms with Crippen molar-refractivity contribution in [1.29, 1.82) is 0 Å². The Labute approximate surface area is 258 Å². The van der Waals surface area contributed by atoms with E-state index < -0.39 is 10.0 Å². The number of aryl methyl sites for hydroxylation is 2. The monoisotopic (exact) mass is 597 g/mol. The molecule has 2 aliphatic carbocycles. The lowest BCUT2D eigenvalue weighted by atomic mass is 9.95. The van der Waals surface area contributed by atoms with E-state index in [1.807, 2.05) is 0 Å². The Hall–Kier alpha value is -1.24. The third-order valence-electron chi connectivity index (χ3n) is 11.7. The molecular weight excluding hydrogens is 538 g/mol. The summed E-state index contributed by atoms with van der Waals surface area (Å²) in [6.07, 6.45) is 22.7. The van der Waals surface area contributed by atoms with Crippen LogP contribution >= 0.6 is 10.0 Å². The quantitative estimate of drug-likeness (QED) is 0.356. The maximum absolute atomic E-state index is 14.4. The molecule has 4 unspecified atom stereocenters.